The number of hydrogen-bond acceptors (Lipinski definition) is 5. The summed E-state index contributed by atoms with van der Waals surface area (Å²) in [6.45, 7) is 0. The molecular weight excluding hydrogens is 271 g/mol. The number of anilines is 1. The van der Waals surface area contributed by atoms with E-state index in [2.05, 4.69) is 10.2 Å². The van der Waals surface area contributed by atoms with Crippen LogP contribution in [0.15, 0.2) is 33.5 Å². The minimum absolute atomic E-state index is 0.252. The van der Waals surface area contributed by atoms with Crippen LogP contribution in [0.5, 0.6) is 0 Å². The zero-order valence-electron chi connectivity index (χ0n) is 8.23. The molecule has 3 nitrogen and oxygen atoms in total. The number of nitrogens with zero attached hydrogens (tertiary/aromatic N) is 2. The van der Waals surface area contributed by atoms with Crippen LogP contribution in [0, 0.1) is 0 Å². The highest BCUT2D eigenvalue weighted by Gasteiger charge is 2.35. The van der Waals surface area contributed by atoms with E-state index >= 15 is 0 Å². The molecule has 0 spiro atoms. The number of alkyl halides is 3. The van der Waals surface area contributed by atoms with Crippen LogP contribution < -0.4 is 5.73 Å². The van der Waals surface area contributed by atoms with Crippen molar-refractivity contribution in [3.63, 3.8) is 0 Å². The number of nitrogen functional groups attached to an aromatic ring is 1. The third-order valence-corrected chi connectivity index (χ3v) is 3.76. The quantitative estimate of drug-likeness (QED) is 0.856. The van der Waals surface area contributed by atoms with E-state index in [1.807, 2.05) is 0 Å². The first-order valence-electron chi connectivity index (χ1n) is 4.39. The highest BCUT2D eigenvalue weighted by Crippen LogP contribution is 2.36. The Morgan fingerprint density at radius 3 is 2.29 bits per heavy atom. The van der Waals surface area contributed by atoms with E-state index in [-0.39, 0.29) is 4.34 Å². The Labute approximate surface area is 103 Å². The van der Waals surface area contributed by atoms with Crippen molar-refractivity contribution in [2.75, 3.05) is 5.73 Å². The van der Waals surface area contributed by atoms with Crippen LogP contribution in [0.2, 0.25) is 0 Å². The van der Waals surface area contributed by atoms with Gasteiger partial charge in [-0.15, -0.1) is 10.2 Å². The number of nitrogens with two attached hydrogens (primary N) is 1. The number of hydrogen-bond donors (Lipinski definition) is 1. The zero-order chi connectivity index (χ0) is 12.5. The Balaban J connectivity index is 2.14. The van der Waals surface area contributed by atoms with E-state index in [0.717, 1.165) is 16.7 Å². The topological polar surface area (TPSA) is 51.8 Å². The van der Waals surface area contributed by atoms with Gasteiger partial charge in [-0.25, -0.2) is 0 Å². The minimum Gasteiger partial charge on any atom is -0.399 e. The number of halogens is 3. The molecule has 2 N–H and O–H groups in total. The van der Waals surface area contributed by atoms with Gasteiger partial charge < -0.3 is 5.73 Å². The van der Waals surface area contributed by atoms with Crippen LogP contribution in [-0.4, -0.2) is 10.2 Å². The molecule has 2 aromatic rings. The fraction of sp³-hybridized carbons (Fsp3) is 0.111. The molecule has 0 radical (unpaired) electrons. The van der Waals surface area contributed by atoms with Crippen LogP contribution in [0.4, 0.5) is 18.9 Å². The number of benzene rings is 1. The molecule has 17 heavy (non-hydrogen) atoms. The summed E-state index contributed by atoms with van der Waals surface area (Å²) in [7, 11) is 0. The Hall–Kier alpha value is -1.28. The predicted octanol–water partition coefficient (Wildman–Crippen LogP) is 3.29. The second kappa shape index (κ2) is 4.53. The largest absolute Gasteiger partial charge is 0.445 e. The third kappa shape index (κ3) is 3.10. The Bertz CT molecular complexity index is 507. The lowest BCUT2D eigenvalue weighted by atomic mass is 10.3. The second-order valence-corrected chi connectivity index (χ2v) is 5.34. The monoisotopic (exact) mass is 277 g/mol. The average molecular weight is 277 g/mol. The van der Waals surface area contributed by atoms with E-state index in [9.17, 15) is 13.2 Å². The molecule has 0 saturated heterocycles. The smallest absolute Gasteiger partial charge is 0.399 e. The summed E-state index contributed by atoms with van der Waals surface area (Å²) in [4.78, 5) is 0.768. The van der Waals surface area contributed by atoms with E-state index in [1.165, 1.54) is 0 Å². The summed E-state index contributed by atoms with van der Waals surface area (Å²) in [6, 6.07) is 6.78. The van der Waals surface area contributed by atoms with Gasteiger partial charge in [-0.3, -0.25) is 0 Å². The molecular formula is C9H6F3N3S2. The first kappa shape index (κ1) is 12.2. The first-order valence-corrected chi connectivity index (χ1v) is 6.02. The molecule has 1 heterocycles. The molecule has 0 saturated carbocycles. The fourth-order valence-corrected chi connectivity index (χ4v) is 2.69. The summed E-state index contributed by atoms with van der Waals surface area (Å²) >= 11 is 1.65. The molecule has 0 aliphatic heterocycles. The summed E-state index contributed by atoms with van der Waals surface area (Å²) in [5.74, 6) is 0. The maximum atomic E-state index is 12.3. The zero-order valence-corrected chi connectivity index (χ0v) is 9.86. The van der Waals surface area contributed by atoms with E-state index in [0.29, 0.717) is 17.0 Å². The van der Waals surface area contributed by atoms with Crippen molar-refractivity contribution in [2.24, 2.45) is 0 Å². The van der Waals surface area contributed by atoms with Crippen molar-refractivity contribution in [3.8, 4) is 0 Å². The highest BCUT2D eigenvalue weighted by molar-refractivity contribution is 8.01. The van der Waals surface area contributed by atoms with Gasteiger partial charge in [-0.1, -0.05) is 23.1 Å². The fourth-order valence-electron chi connectivity index (χ4n) is 1.00. The van der Waals surface area contributed by atoms with Gasteiger partial charge in [0.25, 0.3) is 0 Å². The molecule has 0 amide bonds. The summed E-state index contributed by atoms with van der Waals surface area (Å²) in [5.41, 5.74) is 6.10. The molecule has 0 bridgehead atoms. The number of rotatable bonds is 2. The van der Waals surface area contributed by atoms with Crippen LogP contribution in [-0.2, 0) is 6.18 Å². The van der Waals surface area contributed by atoms with Crippen molar-refractivity contribution in [2.45, 2.75) is 15.4 Å². The normalized spacial score (nSPS) is 11.7. The standard InChI is InChI=1S/C9H6F3N3S2/c10-9(11,12)7-14-15-8(17-7)16-6-3-1-5(13)2-4-6/h1-4H,13H2. The molecule has 0 aliphatic carbocycles. The molecule has 0 atom stereocenters. The van der Waals surface area contributed by atoms with Gasteiger partial charge in [0.05, 0.1) is 0 Å². The molecule has 8 heteroatoms. The maximum absolute atomic E-state index is 12.3. The van der Waals surface area contributed by atoms with Crippen LogP contribution >= 0.6 is 23.1 Å². The lowest BCUT2D eigenvalue weighted by Crippen LogP contribution is -2.03. The van der Waals surface area contributed by atoms with Gasteiger partial charge in [0, 0.05) is 10.6 Å². The van der Waals surface area contributed by atoms with Gasteiger partial charge in [0.15, 0.2) is 4.34 Å². The van der Waals surface area contributed by atoms with Gasteiger partial charge in [-0.2, -0.15) is 13.2 Å². The van der Waals surface area contributed by atoms with E-state index in [1.54, 1.807) is 24.3 Å². The molecule has 2 rings (SSSR count). The van der Waals surface area contributed by atoms with Crippen molar-refractivity contribution in [3.05, 3.63) is 29.3 Å². The summed E-state index contributed by atoms with van der Waals surface area (Å²) in [5, 5.41) is 5.64. The average Bonchev–Trinajstić information content (AvgIpc) is 2.69. The lowest BCUT2D eigenvalue weighted by Gasteiger charge is -1.98. The Morgan fingerprint density at radius 2 is 1.76 bits per heavy atom. The molecule has 1 aromatic heterocycles. The minimum atomic E-state index is -4.43. The SMILES string of the molecule is Nc1ccc(Sc2nnc(C(F)(F)F)s2)cc1. The van der Waals surface area contributed by atoms with E-state index in [4.69, 9.17) is 5.73 Å². The van der Waals surface area contributed by atoms with Gasteiger partial charge in [-0.05, 0) is 24.3 Å². The van der Waals surface area contributed by atoms with E-state index < -0.39 is 11.2 Å². The molecule has 0 fully saturated rings. The Kier molecular flexibility index (Phi) is 3.25. The second-order valence-electron chi connectivity index (χ2n) is 3.04. The lowest BCUT2D eigenvalue weighted by molar-refractivity contribution is -0.138. The molecule has 0 unspecified atom stereocenters. The predicted molar refractivity (Wildman–Crippen MR) is 59.9 cm³/mol. The van der Waals surface area contributed by atoms with Gasteiger partial charge in [0.2, 0.25) is 5.01 Å². The van der Waals surface area contributed by atoms with Crippen LogP contribution in [0.3, 0.4) is 0 Å². The van der Waals surface area contributed by atoms with Crippen molar-refractivity contribution in [1.82, 2.24) is 10.2 Å². The van der Waals surface area contributed by atoms with Gasteiger partial charge in [0.1, 0.15) is 0 Å². The Morgan fingerprint density at radius 1 is 1.12 bits per heavy atom. The van der Waals surface area contributed by atoms with Gasteiger partial charge >= 0.3 is 6.18 Å². The third-order valence-electron chi connectivity index (χ3n) is 1.73. The first-order chi connectivity index (χ1) is 7.95. The summed E-state index contributed by atoms with van der Waals surface area (Å²) < 4.78 is 37.1. The maximum Gasteiger partial charge on any atom is 0.445 e. The molecule has 0 aliphatic rings. The van der Waals surface area contributed by atoms with Crippen molar-refractivity contribution in [1.29, 1.82) is 0 Å². The highest BCUT2D eigenvalue weighted by atomic mass is 32.2. The molecule has 90 valence electrons. The number of aromatic nitrogens is 2. The summed E-state index contributed by atoms with van der Waals surface area (Å²) in [6.07, 6.45) is -4.43. The van der Waals surface area contributed by atoms with Crippen LogP contribution in [0.1, 0.15) is 5.01 Å². The van der Waals surface area contributed by atoms with Crippen LogP contribution in [0.25, 0.3) is 0 Å². The van der Waals surface area contributed by atoms with Crippen molar-refractivity contribution >= 4 is 28.8 Å². The molecule has 1 aromatic carbocycles. The van der Waals surface area contributed by atoms with Crippen molar-refractivity contribution < 1.29 is 13.2 Å².